The molecule has 0 aliphatic carbocycles. The van der Waals surface area contributed by atoms with Crippen molar-refractivity contribution in [1.29, 1.82) is 0 Å². The third-order valence-electron chi connectivity index (χ3n) is 2.72. The Morgan fingerprint density at radius 2 is 1.62 bits per heavy atom. The highest BCUT2D eigenvalue weighted by atomic mass is 16.7. The SMILES string of the molecule is CC(CNC(=O)CNC(C)(C)C)ONCC(=O)C(C)(C)C. The minimum atomic E-state index is -0.383. The van der Waals surface area contributed by atoms with Gasteiger partial charge in [0.25, 0.3) is 0 Å². The number of Topliss-reactive ketones (excluding diaryl/α,β-unsaturated/α-hetero) is 1. The highest BCUT2D eigenvalue weighted by Gasteiger charge is 2.20. The van der Waals surface area contributed by atoms with Crippen LogP contribution in [0.4, 0.5) is 0 Å². The molecule has 1 atom stereocenters. The van der Waals surface area contributed by atoms with Crippen molar-refractivity contribution in [2.45, 2.75) is 60.1 Å². The van der Waals surface area contributed by atoms with Crippen LogP contribution in [-0.2, 0) is 14.4 Å². The Morgan fingerprint density at radius 1 is 1.05 bits per heavy atom. The summed E-state index contributed by atoms with van der Waals surface area (Å²) < 4.78 is 0. The first kappa shape index (κ1) is 20.0. The molecule has 6 nitrogen and oxygen atoms in total. The van der Waals surface area contributed by atoms with Crippen LogP contribution in [0.25, 0.3) is 0 Å². The smallest absolute Gasteiger partial charge is 0.234 e. The quantitative estimate of drug-likeness (QED) is 0.583. The van der Waals surface area contributed by atoms with E-state index in [2.05, 4.69) is 16.1 Å². The number of rotatable bonds is 8. The number of amides is 1. The van der Waals surface area contributed by atoms with Crippen LogP contribution in [0.1, 0.15) is 48.5 Å². The summed E-state index contributed by atoms with van der Waals surface area (Å²) in [7, 11) is 0. The zero-order chi connectivity index (χ0) is 16.7. The van der Waals surface area contributed by atoms with Gasteiger partial charge in [0.15, 0.2) is 5.78 Å². The Bertz CT molecular complexity index is 343. The van der Waals surface area contributed by atoms with E-state index in [0.29, 0.717) is 6.54 Å². The van der Waals surface area contributed by atoms with Gasteiger partial charge in [0.1, 0.15) is 0 Å². The zero-order valence-corrected chi connectivity index (χ0v) is 14.4. The molecule has 0 saturated heterocycles. The Hall–Kier alpha value is -0.980. The van der Waals surface area contributed by atoms with Gasteiger partial charge in [-0.15, -0.1) is 0 Å². The molecule has 1 amide bonds. The summed E-state index contributed by atoms with van der Waals surface area (Å²) >= 11 is 0. The first-order valence-corrected chi connectivity index (χ1v) is 7.35. The number of carbonyl (C=O) groups is 2. The van der Waals surface area contributed by atoms with Crippen molar-refractivity contribution in [3.05, 3.63) is 0 Å². The van der Waals surface area contributed by atoms with E-state index in [1.54, 1.807) is 0 Å². The van der Waals surface area contributed by atoms with Gasteiger partial charge in [-0.2, -0.15) is 5.48 Å². The topological polar surface area (TPSA) is 79.5 Å². The Morgan fingerprint density at radius 3 is 2.10 bits per heavy atom. The lowest BCUT2D eigenvalue weighted by Crippen LogP contribution is -2.45. The van der Waals surface area contributed by atoms with E-state index in [-0.39, 0.29) is 41.8 Å². The number of hydrogen-bond donors (Lipinski definition) is 3. The van der Waals surface area contributed by atoms with Crippen LogP contribution < -0.4 is 16.1 Å². The van der Waals surface area contributed by atoms with E-state index < -0.39 is 0 Å². The molecule has 0 aromatic heterocycles. The van der Waals surface area contributed by atoms with Crippen molar-refractivity contribution in [2.24, 2.45) is 5.41 Å². The fraction of sp³-hybridized carbons (Fsp3) is 0.867. The van der Waals surface area contributed by atoms with Gasteiger partial charge in [0, 0.05) is 17.5 Å². The van der Waals surface area contributed by atoms with Crippen molar-refractivity contribution in [3.63, 3.8) is 0 Å². The molecule has 0 fully saturated rings. The second kappa shape index (κ2) is 8.46. The van der Waals surface area contributed by atoms with Crippen LogP contribution >= 0.6 is 0 Å². The summed E-state index contributed by atoms with van der Waals surface area (Å²) in [4.78, 5) is 28.6. The predicted octanol–water partition coefficient (Wildman–Crippen LogP) is 1.02. The van der Waals surface area contributed by atoms with Crippen LogP contribution in [-0.4, -0.2) is 43.0 Å². The molecule has 0 saturated carbocycles. The van der Waals surface area contributed by atoms with Gasteiger partial charge in [0.2, 0.25) is 5.91 Å². The summed E-state index contributed by atoms with van der Waals surface area (Å²) in [5.41, 5.74) is 2.18. The van der Waals surface area contributed by atoms with E-state index in [0.717, 1.165) is 0 Å². The third kappa shape index (κ3) is 11.4. The van der Waals surface area contributed by atoms with E-state index in [9.17, 15) is 9.59 Å². The maximum atomic E-state index is 11.7. The van der Waals surface area contributed by atoms with E-state index in [1.165, 1.54) is 0 Å². The van der Waals surface area contributed by atoms with Crippen molar-refractivity contribution in [1.82, 2.24) is 16.1 Å². The minimum absolute atomic E-state index is 0.0770. The van der Waals surface area contributed by atoms with Crippen LogP contribution in [0, 0.1) is 5.41 Å². The molecule has 0 aromatic carbocycles. The highest BCUT2D eigenvalue weighted by Crippen LogP contribution is 2.13. The lowest BCUT2D eigenvalue weighted by molar-refractivity contribution is -0.129. The summed E-state index contributed by atoms with van der Waals surface area (Å²) in [6.45, 7) is 14.2. The molecule has 0 heterocycles. The van der Waals surface area contributed by atoms with Crippen molar-refractivity contribution in [3.8, 4) is 0 Å². The molecule has 0 spiro atoms. The first-order chi connectivity index (χ1) is 9.42. The van der Waals surface area contributed by atoms with E-state index in [4.69, 9.17) is 4.84 Å². The monoisotopic (exact) mass is 301 g/mol. The van der Waals surface area contributed by atoms with Crippen molar-refractivity contribution < 1.29 is 14.4 Å². The lowest BCUT2D eigenvalue weighted by atomic mass is 9.91. The number of nitrogens with one attached hydrogen (secondary N) is 3. The zero-order valence-electron chi connectivity index (χ0n) is 14.4. The average molecular weight is 301 g/mol. The van der Waals surface area contributed by atoms with E-state index in [1.807, 2.05) is 48.5 Å². The van der Waals surface area contributed by atoms with Gasteiger partial charge in [-0.25, -0.2) is 0 Å². The molecule has 6 heteroatoms. The van der Waals surface area contributed by atoms with Gasteiger partial charge >= 0.3 is 0 Å². The average Bonchev–Trinajstić information content (AvgIpc) is 2.31. The number of ketones is 1. The van der Waals surface area contributed by atoms with Crippen LogP contribution in [0.3, 0.4) is 0 Å². The van der Waals surface area contributed by atoms with E-state index >= 15 is 0 Å². The van der Waals surface area contributed by atoms with Gasteiger partial charge in [-0.3, -0.25) is 14.4 Å². The minimum Gasteiger partial charge on any atom is -0.352 e. The first-order valence-electron chi connectivity index (χ1n) is 7.35. The van der Waals surface area contributed by atoms with Crippen molar-refractivity contribution >= 4 is 11.7 Å². The standard InChI is InChI=1S/C15H31N3O3/c1-11(21-18-9-12(19)14(2,3)4)8-16-13(20)10-17-15(5,6)7/h11,17-18H,8-10H2,1-7H3,(H,16,20). The maximum absolute atomic E-state index is 11.7. The maximum Gasteiger partial charge on any atom is 0.234 e. The molecular formula is C15H31N3O3. The molecule has 21 heavy (non-hydrogen) atoms. The molecule has 124 valence electrons. The summed E-state index contributed by atoms with van der Waals surface area (Å²) in [6.07, 6.45) is -0.212. The molecule has 0 radical (unpaired) electrons. The molecule has 3 N–H and O–H groups in total. The predicted molar refractivity (Wildman–Crippen MR) is 83.8 cm³/mol. The Balaban J connectivity index is 3.79. The van der Waals surface area contributed by atoms with Crippen LogP contribution in [0.5, 0.6) is 0 Å². The third-order valence-corrected chi connectivity index (χ3v) is 2.72. The molecule has 0 aliphatic heterocycles. The molecule has 0 aliphatic rings. The fourth-order valence-electron chi connectivity index (χ4n) is 1.22. The summed E-state index contributed by atoms with van der Waals surface area (Å²) in [5.74, 6) is -0.000689. The highest BCUT2D eigenvalue weighted by molar-refractivity contribution is 5.85. The second-order valence-corrected chi connectivity index (χ2v) is 7.33. The largest absolute Gasteiger partial charge is 0.352 e. The van der Waals surface area contributed by atoms with Gasteiger partial charge in [0.05, 0.1) is 19.2 Å². The normalized spacial score (nSPS) is 13.9. The molecular weight excluding hydrogens is 270 g/mol. The van der Waals surface area contributed by atoms with Crippen molar-refractivity contribution in [2.75, 3.05) is 19.6 Å². The Labute approximate surface area is 128 Å². The molecule has 0 bridgehead atoms. The van der Waals surface area contributed by atoms with Gasteiger partial charge < -0.3 is 10.6 Å². The lowest BCUT2D eigenvalue weighted by Gasteiger charge is -2.21. The summed E-state index contributed by atoms with van der Waals surface area (Å²) in [5, 5.41) is 5.88. The van der Waals surface area contributed by atoms with Crippen LogP contribution in [0.15, 0.2) is 0 Å². The molecule has 1 unspecified atom stereocenters. The number of carbonyl (C=O) groups excluding carboxylic acids is 2. The number of hydroxylamine groups is 1. The number of hydrogen-bond acceptors (Lipinski definition) is 5. The Kier molecular flexibility index (Phi) is 8.06. The fourth-order valence-corrected chi connectivity index (χ4v) is 1.22. The van der Waals surface area contributed by atoms with Gasteiger partial charge in [-0.05, 0) is 27.7 Å². The van der Waals surface area contributed by atoms with Crippen LogP contribution in [0.2, 0.25) is 0 Å². The van der Waals surface area contributed by atoms with Gasteiger partial charge in [-0.1, -0.05) is 20.8 Å². The molecule has 0 aromatic rings. The molecule has 0 rings (SSSR count). The second-order valence-electron chi connectivity index (χ2n) is 7.33. The summed E-state index contributed by atoms with van der Waals surface area (Å²) in [6, 6.07) is 0.